The van der Waals surface area contributed by atoms with Crippen LogP contribution in [0, 0.1) is 0 Å². The van der Waals surface area contributed by atoms with Crippen molar-refractivity contribution >= 4 is 22.9 Å². The van der Waals surface area contributed by atoms with Crippen molar-refractivity contribution in [1.29, 1.82) is 0 Å². The number of hydrogen-bond donors (Lipinski definition) is 1. The minimum absolute atomic E-state index is 1.08. The standard InChI is InChI=1S/C18H17NS/c1-3-7-17-15(5-1)13-9-11-19-12-10-14(13)16-6-2-4-8-18(16)20-17/h1-8,19H,9-12H2. The van der Waals surface area contributed by atoms with Crippen molar-refractivity contribution in [3.8, 4) is 0 Å². The van der Waals surface area contributed by atoms with Crippen LogP contribution in [0.25, 0.3) is 11.1 Å². The van der Waals surface area contributed by atoms with Gasteiger partial charge >= 0.3 is 0 Å². The van der Waals surface area contributed by atoms with Gasteiger partial charge in [0.05, 0.1) is 0 Å². The van der Waals surface area contributed by atoms with Crippen molar-refractivity contribution in [3.05, 3.63) is 59.7 Å². The predicted molar refractivity (Wildman–Crippen MR) is 85.9 cm³/mol. The van der Waals surface area contributed by atoms with E-state index in [2.05, 4.69) is 53.8 Å². The van der Waals surface area contributed by atoms with Gasteiger partial charge in [0.25, 0.3) is 0 Å². The van der Waals surface area contributed by atoms with Gasteiger partial charge in [-0.25, -0.2) is 0 Å². The molecule has 0 aliphatic carbocycles. The fourth-order valence-electron chi connectivity index (χ4n) is 3.18. The minimum Gasteiger partial charge on any atom is -0.316 e. The molecule has 1 N–H and O–H groups in total. The maximum Gasteiger partial charge on any atom is 0.0197 e. The number of benzene rings is 2. The Labute approximate surface area is 124 Å². The highest BCUT2D eigenvalue weighted by atomic mass is 32.2. The molecule has 2 aliphatic rings. The highest BCUT2D eigenvalue weighted by Gasteiger charge is 2.22. The Morgan fingerprint density at radius 2 is 1.20 bits per heavy atom. The van der Waals surface area contributed by atoms with Crippen molar-refractivity contribution in [2.45, 2.75) is 22.6 Å². The summed E-state index contributed by atoms with van der Waals surface area (Å²) in [6.07, 6.45) is 2.25. The first-order valence-electron chi connectivity index (χ1n) is 7.23. The molecule has 2 aromatic rings. The highest BCUT2D eigenvalue weighted by molar-refractivity contribution is 7.99. The molecule has 0 spiro atoms. The van der Waals surface area contributed by atoms with Crippen LogP contribution < -0.4 is 5.32 Å². The van der Waals surface area contributed by atoms with Crippen molar-refractivity contribution in [2.24, 2.45) is 0 Å². The molecule has 0 saturated carbocycles. The Balaban J connectivity index is 2.01. The van der Waals surface area contributed by atoms with Gasteiger partial charge in [0, 0.05) is 9.79 Å². The first-order valence-corrected chi connectivity index (χ1v) is 8.04. The van der Waals surface area contributed by atoms with E-state index in [9.17, 15) is 0 Å². The molecule has 100 valence electrons. The van der Waals surface area contributed by atoms with Crippen molar-refractivity contribution in [3.63, 3.8) is 0 Å². The molecule has 0 aromatic heterocycles. The molecule has 0 radical (unpaired) electrons. The summed E-state index contributed by atoms with van der Waals surface area (Å²) >= 11 is 1.91. The van der Waals surface area contributed by atoms with Crippen molar-refractivity contribution in [2.75, 3.05) is 13.1 Å². The third-order valence-electron chi connectivity index (χ3n) is 4.11. The SMILES string of the molecule is c1ccc2c(c1)Sc1ccccc1C1=C2CCNCC1. The van der Waals surface area contributed by atoms with Crippen molar-refractivity contribution < 1.29 is 0 Å². The molecule has 0 saturated heterocycles. The number of fused-ring (bicyclic) bond motifs is 4. The molecule has 2 heteroatoms. The van der Waals surface area contributed by atoms with E-state index >= 15 is 0 Å². The third kappa shape index (κ3) is 2.00. The molecule has 1 nitrogen and oxygen atoms in total. The maximum absolute atomic E-state index is 3.54. The van der Waals surface area contributed by atoms with Gasteiger partial charge in [-0.15, -0.1) is 0 Å². The molecule has 0 amide bonds. The zero-order chi connectivity index (χ0) is 13.4. The van der Waals surface area contributed by atoms with E-state index in [1.165, 1.54) is 20.9 Å². The van der Waals surface area contributed by atoms with Crippen LogP contribution in [0.4, 0.5) is 0 Å². The average Bonchev–Trinajstić information content (AvgIpc) is 2.79. The largest absolute Gasteiger partial charge is 0.316 e. The van der Waals surface area contributed by atoms with E-state index in [1.807, 2.05) is 11.8 Å². The van der Waals surface area contributed by atoms with Crippen LogP contribution in [-0.4, -0.2) is 13.1 Å². The lowest BCUT2D eigenvalue weighted by Gasteiger charge is -2.12. The molecule has 0 bridgehead atoms. The molecule has 2 aromatic carbocycles. The molecule has 0 atom stereocenters. The number of hydrogen-bond acceptors (Lipinski definition) is 2. The minimum atomic E-state index is 1.08. The quantitative estimate of drug-likeness (QED) is 0.765. The van der Waals surface area contributed by atoms with Gasteiger partial charge in [-0.05, 0) is 60.3 Å². The van der Waals surface area contributed by atoms with Gasteiger partial charge < -0.3 is 5.32 Å². The molecule has 0 fully saturated rings. The Hall–Kier alpha value is -1.51. The molecular formula is C18H17NS. The van der Waals surface area contributed by atoms with E-state index < -0.39 is 0 Å². The molecule has 2 heterocycles. The summed E-state index contributed by atoms with van der Waals surface area (Å²) in [5, 5.41) is 3.54. The third-order valence-corrected chi connectivity index (χ3v) is 5.26. The average molecular weight is 279 g/mol. The van der Waals surface area contributed by atoms with Crippen LogP contribution in [0.3, 0.4) is 0 Å². The van der Waals surface area contributed by atoms with Gasteiger partial charge in [-0.3, -0.25) is 0 Å². The fraction of sp³-hybridized carbons (Fsp3) is 0.222. The second kappa shape index (κ2) is 5.12. The van der Waals surface area contributed by atoms with Crippen LogP contribution in [0.15, 0.2) is 58.3 Å². The van der Waals surface area contributed by atoms with Crippen LogP contribution >= 0.6 is 11.8 Å². The van der Waals surface area contributed by atoms with E-state index in [0.29, 0.717) is 0 Å². The van der Waals surface area contributed by atoms with Crippen LogP contribution in [0.2, 0.25) is 0 Å². The van der Waals surface area contributed by atoms with E-state index in [-0.39, 0.29) is 0 Å². The molecular weight excluding hydrogens is 262 g/mol. The normalized spacial score (nSPS) is 17.6. The maximum atomic E-state index is 3.54. The summed E-state index contributed by atoms with van der Waals surface area (Å²) in [7, 11) is 0. The van der Waals surface area contributed by atoms with Crippen LogP contribution in [-0.2, 0) is 0 Å². The lowest BCUT2D eigenvalue weighted by atomic mass is 9.91. The number of rotatable bonds is 0. The monoisotopic (exact) mass is 279 g/mol. The van der Waals surface area contributed by atoms with E-state index in [1.54, 1.807) is 11.1 Å². The lowest BCUT2D eigenvalue weighted by molar-refractivity contribution is 0.720. The van der Waals surface area contributed by atoms with Gasteiger partial charge in [0.15, 0.2) is 0 Å². The summed E-state index contributed by atoms with van der Waals surface area (Å²) in [5.74, 6) is 0. The van der Waals surface area contributed by atoms with Gasteiger partial charge in [0.1, 0.15) is 0 Å². The summed E-state index contributed by atoms with van der Waals surface area (Å²) in [6.45, 7) is 2.17. The van der Waals surface area contributed by atoms with Crippen LogP contribution in [0.1, 0.15) is 24.0 Å². The van der Waals surface area contributed by atoms with Gasteiger partial charge in [0.2, 0.25) is 0 Å². The molecule has 2 aliphatic heterocycles. The zero-order valence-corrected chi connectivity index (χ0v) is 12.2. The summed E-state index contributed by atoms with van der Waals surface area (Å²) in [6, 6.07) is 17.7. The summed E-state index contributed by atoms with van der Waals surface area (Å²) in [5.41, 5.74) is 5.96. The smallest absolute Gasteiger partial charge is 0.0197 e. The van der Waals surface area contributed by atoms with Crippen LogP contribution in [0.5, 0.6) is 0 Å². The first-order chi connectivity index (χ1) is 9.93. The fourth-order valence-corrected chi connectivity index (χ4v) is 4.31. The number of nitrogens with one attached hydrogen (secondary N) is 1. The topological polar surface area (TPSA) is 12.0 Å². The van der Waals surface area contributed by atoms with E-state index in [0.717, 1.165) is 25.9 Å². The Bertz CT molecular complexity index is 630. The second-order valence-electron chi connectivity index (χ2n) is 5.30. The first kappa shape index (κ1) is 12.2. The Morgan fingerprint density at radius 1 is 0.700 bits per heavy atom. The lowest BCUT2D eigenvalue weighted by Crippen LogP contribution is -2.14. The van der Waals surface area contributed by atoms with Gasteiger partial charge in [-0.2, -0.15) is 0 Å². The molecule has 0 unspecified atom stereocenters. The van der Waals surface area contributed by atoms with Gasteiger partial charge in [-0.1, -0.05) is 48.2 Å². The predicted octanol–water partition coefficient (Wildman–Crippen LogP) is 4.45. The summed E-state index contributed by atoms with van der Waals surface area (Å²) < 4.78 is 0. The van der Waals surface area contributed by atoms with E-state index in [4.69, 9.17) is 0 Å². The molecule has 20 heavy (non-hydrogen) atoms. The zero-order valence-electron chi connectivity index (χ0n) is 11.4. The van der Waals surface area contributed by atoms with Crippen molar-refractivity contribution in [1.82, 2.24) is 5.32 Å². The highest BCUT2D eigenvalue weighted by Crippen LogP contribution is 2.46. The second-order valence-corrected chi connectivity index (χ2v) is 6.39. The Kier molecular flexibility index (Phi) is 3.13. The molecule has 4 rings (SSSR count). The Morgan fingerprint density at radius 3 is 1.75 bits per heavy atom. The summed E-state index contributed by atoms with van der Waals surface area (Å²) in [4.78, 5) is 2.79.